The Kier molecular flexibility index (Phi) is 5.08. The zero-order chi connectivity index (χ0) is 22.5. The second kappa shape index (κ2) is 7.81. The van der Waals surface area contributed by atoms with Gasteiger partial charge in [0.05, 0.1) is 6.10 Å². The van der Waals surface area contributed by atoms with Gasteiger partial charge < -0.3 is 20.3 Å². The molecule has 1 saturated heterocycles. The molecule has 2 aromatic carbocycles. The highest BCUT2D eigenvalue weighted by atomic mass is 19.1. The molecule has 166 valence electrons. The Bertz CT molecular complexity index is 1160. The molecule has 0 saturated carbocycles. The molecule has 8 heteroatoms. The summed E-state index contributed by atoms with van der Waals surface area (Å²) in [6.07, 6.45) is 3.48. The number of carbonyl (C=O) groups excluding carboxylic acids is 1. The molecule has 0 bridgehead atoms. The summed E-state index contributed by atoms with van der Waals surface area (Å²) in [6, 6.07) is 8.56. The van der Waals surface area contributed by atoms with Gasteiger partial charge in [0.2, 0.25) is 5.91 Å². The SMILES string of the molecule is O=C1CCc2cc([C@H](O)CN3CC4=CC(Oc5ccc(F)cc5F)=C[C@@]4(O)C3)ccc2N1. The normalized spacial score (nSPS) is 23.2. The highest BCUT2D eigenvalue weighted by Gasteiger charge is 2.43. The van der Waals surface area contributed by atoms with Crippen LogP contribution in [-0.4, -0.2) is 46.3 Å². The van der Waals surface area contributed by atoms with Crippen LogP contribution in [0.25, 0.3) is 0 Å². The number of aliphatic hydroxyl groups is 2. The standard InChI is InChI=1S/C24H22F2N2O4/c25-17-3-5-22(19(26)9-17)32-18-8-16-11-28(13-24(16,31)10-18)12-21(29)15-1-4-20-14(7-15)2-6-23(30)27-20/h1,3-5,7-10,21,29,31H,2,6,11-13H2,(H,27,30)/t21-,24-/m1/s1. The third kappa shape index (κ3) is 3.92. The molecule has 1 aliphatic carbocycles. The van der Waals surface area contributed by atoms with Crippen LogP contribution in [0, 0.1) is 11.6 Å². The van der Waals surface area contributed by atoms with E-state index in [2.05, 4.69) is 5.32 Å². The summed E-state index contributed by atoms with van der Waals surface area (Å²) in [5, 5.41) is 24.6. The number of aliphatic hydroxyl groups excluding tert-OH is 1. The van der Waals surface area contributed by atoms with Gasteiger partial charge in [0.25, 0.3) is 0 Å². The molecule has 2 atom stereocenters. The Morgan fingerprint density at radius 2 is 2.03 bits per heavy atom. The average Bonchev–Trinajstić information content (AvgIpc) is 3.19. The Labute approximate surface area is 183 Å². The molecule has 2 aromatic rings. The van der Waals surface area contributed by atoms with Crippen molar-refractivity contribution in [2.75, 3.05) is 25.0 Å². The summed E-state index contributed by atoms with van der Waals surface area (Å²) in [4.78, 5) is 13.4. The fourth-order valence-electron chi connectivity index (χ4n) is 4.47. The number of aryl methyl sites for hydroxylation is 1. The number of likely N-dealkylation sites (tertiary alicyclic amines) is 1. The summed E-state index contributed by atoms with van der Waals surface area (Å²) < 4.78 is 32.4. The number of halogens is 2. The first-order chi connectivity index (χ1) is 15.3. The number of nitrogens with one attached hydrogen (secondary N) is 1. The number of hydrogen-bond acceptors (Lipinski definition) is 5. The van der Waals surface area contributed by atoms with Crippen molar-refractivity contribution in [3.8, 4) is 5.75 Å². The van der Waals surface area contributed by atoms with E-state index in [0.29, 0.717) is 37.3 Å². The van der Waals surface area contributed by atoms with Crippen molar-refractivity contribution in [2.24, 2.45) is 0 Å². The van der Waals surface area contributed by atoms with E-state index in [4.69, 9.17) is 4.74 Å². The van der Waals surface area contributed by atoms with Gasteiger partial charge in [-0.15, -0.1) is 0 Å². The molecule has 32 heavy (non-hydrogen) atoms. The first kappa shape index (κ1) is 20.8. The van der Waals surface area contributed by atoms with Crippen molar-refractivity contribution in [3.05, 3.63) is 82.6 Å². The number of allylic oxidation sites excluding steroid dienone is 1. The van der Waals surface area contributed by atoms with Crippen LogP contribution in [0.4, 0.5) is 14.5 Å². The van der Waals surface area contributed by atoms with Crippen LogP contribution >= 0.6 is 0 Å². The van der Waals surface area contributed by atoms with Crippen molar-refractivity contribution in [2.45, 2.75) is 24.5 Å². The first-order valence-corrected chi connectivity index (χ1v) is 10.4. The number of nitrogens with zero attached hydrogens (tertiary/aromatic N) is 1. The quantitative estimate of drug-likeness (QED) is 0.666. The summed E-state index contributed by atoms with van der Waals surface area (Å²) in [5.74, 6) is -1.34. The molecule has 2 aliphatic heterocycles. The van der Waals surface area contributed by atoms with Crippen LogP contribution in [0.2, 0.25) is 0 Å². The Hall–Kier alpha value is -3.07. The molecule has 2 heterocycles. The van der Waals surface area contributed by atoms with E-state index >= 15 is 0 Å². The highest BCUT2D eigenvalue weighted by molar-refractivity contribution is 5.93. The summed E-state index contributed by atoms with van der Waals surface area (Å²) in [5.41, 5.74) is 1.96. The number of benzene rings is 2. The van der Waals surface area contributed by atoms with E-state index in [0.717, 1.165) is 28.9 Å². The predicted molar refractivity (Wildman–Crippen MR) is 113 cm³/mol. The molecule has 6 nitrogen and oxygen atoms in total. The van der Waals surface area contributed by atoms with Crippen LogP contribution in [-0.2, 0) is 11.2 Å². The van der Waals surface area contributed by atoms with Gasteiger partial charge in [0, 0.05) is 37.8 Å². The van der Waals surface area contributed by atoms with E-state index < -0.39 is 23.3 Å². The highest BCUT2D eigenvalue weighted by Crippen LogP contribution is 2.37. The van der Waals surface area contributed by atoms with E-state index in [9.17, 15) is 23.8 Å². The Balaban J connectivity index is 1.24. The van der Waals surface area contributed by atoms with E-state index in [1.54, 1.807) is 18.2 Å². The molecule has 3 aliphatic rings. The lowest BCUT2D eigenvalue weighted by molar-refractivity contribution is -0.116. The Morgan fingerprint density at radius 3 is 2.81 bits per heavy atom. The number of amides is 1. The topological polar surface area (TPSA) is 82.0 Å². The van der Waals surface area contributed by atoms with E-state index in [-0.39, 0.29) is 18.2 Å². The van der Waals surface area contributed by atoms with Crippen molar-refractivity contribution < 1.29 is 28.5 Å². The van der Waals surface area contributed by atoms with Crippen molar-refractivity contribution in [3.63, 3.8) is 0 Å². The number of ether oxygens (including phenoxy) is 1. The maximum absolute atomic E-state index is 13.8. The lowest BCUT2D eigenvalue weighted by atomic mass is 9.98. The van der Waals surface area contributed by atoms with Gasteiger partial charge in [-0.1, -0.05) is 12.1 Å². The van der Waals surface area contributed by atoms with Crippen molar-refractivity contribution in [1.82, 2.24) is 4.90 Å². The molecule has 5 rings (SSSR count). The van der Waals surface area contributed by atoms with Crippen molar-refractivity contribution >= 4 is 11.6 Å². The van der Waals surface area contributed by atoms with Crippen LogP contribution in [0.1, 0.15) is 23.7 Å². The van der Waals surface area contributed by atoms with Gasteiger partial charge in [-0.05, 0) is 53.5 Å². The molecule has 0 aromatic heterocycles. The Morgan fingerprint density at radius 1 is 1.19 bits per heavy atom. The fourth-order valence-corrected chi connectivity index (χ4v) is 4.47. The lowest BCUT2D eigenvalue weighted by Gasteiger charge is -2.23. The molecule has 0 radical (unpaired) electrons. The summed E-state index contributed by atoms with van der Waals surface area (Å²) in [7, 11) is 0. The van der Waals surface area contributed by atoms with E-state index in [1.807, 2.05) is 11.0 Å². The van der Waals surface area contributed by atoms with Gasteiger partial charge in [-0.2, -0.15) is 0 Å². The maximum Gasteiger partial charge on any atom is 0.224 e. The number of fused-ring (bicyclic) bond motifs is 2. The average molecular weight is 440 g/mol. The number of hydrogen-bond donors (Lipinski definition) is 3. The largest absolute Gasteiger partial charge is 0.454 e. The molecule has 1 amide bonds. The summed E-state index contributed by atoms with van der Waals surface area (Å²) in [6.45, 7) is 1.00. The van der Waals surface area contributed by atoms with Crippen LogP contribution in [0.5, 0.6) is 5.75 Å². The van der Waals surface area contributed by atoms with Gasteiger partial charge in [0.15, 0.2) is 11.6 Å². The van der Waals surface area contributed by atoms with Crippen LogP contribution in [0.3, 0.4) is 0 Å². The second-order valence-corrected chi connectivity index (χ2v) is 8.47. The third-order valence-corrected chi connectivity index (χ3v) is 6.07. The molecular weight excluding hydrogens is 418 g/mol. The number of carbonyl (C=O) groups is 1. The number of anilines is 1. The minimum Gasteiger partial charge on any atom is -0.454 e. The van der Waals surface area contributed by atoms with Gasteiger partial charge in [-0.3, -0.25) is 9.69 Å². The smallest absolute Gasteiger partial charge is 0.224 e. The maximum atomic E-state index is 13.8. The fraction of sp³-hybridized carbons (Fsp3) is 0.292. The zero-order valence-corrected chi connectivity index (χ0v) is 17.1. The van der Waals surface area contributed by atoms with Crippen LogP contribution in [0.15, 0.2) is 59.9 Å². The summed E-state index contributed by atoms with van der Waals surface area (Å²) >= 11 is 0. The molecule has 3 N–H and O–H groups in total. The molecule has 0 spiro atoms. The van der Waals surface area contributed by atoms with E-state index in [1.165, 1.54) is 12.1 Å². The second-order valence-electron chi connectivity index (χ2n) is 8.47. The van der Waals surface area contributed by atoms with Gasteiger partial charge >= 0.3 is 0 Å². The minimum absolute atomic E-state index is 0.00510. The molecule has 0 unspecified atom stereocenters. The lowest BCUT2D eigenvalue weighted by Crippen LogP contribution is -2.33. The predicted octanol–water partition coefficient (Wildman–Crippen LogP) is 2.83. The van der Waals surface area contributed by atoms with Crippen LogP contribution < -0.4 is 10.1 Å². The van der Waals surface area contributed by atoms with Gasteiger partial charge in [0.1, 0.15) is 17.2 Å². The van der Waals surface area contributed by atoms with Gasteiger partial charge in [-0.25, -0.2) is 8.78 Å². The van der Waals surface area contributed by atoms with Crippen molar-refractivity contribution in [1.29, 1.82) is 0 Å². The first-order valence-electron chi connectivity index (χ1n) is 10.4. The number of rotatable bonds is 5. The third-order valence-electron chi connectivity index (χ3n) is 6.07. The molecular formula is C24H22F2N2O4. The monoisotopic (exact) mass is 440 g/mol. The number of β-amino-alcohol motifs (C(OH)–C–C–N with tert-alkyl or cyclic N) is 2. The molecule has 1 fully saturated rings. The zero-order valence-electron chi connectivity index (χ0n) is 17.1. The minimum atomic E-state index is -1.26.